The fraction of sp³-hybridized carbons (Fsp3) is 0.917. The third-order valence-electron chi connectivity index (χ3n) is 9.56. The summed E-state index contributed by atoms with van der Waals surface area (Å²) in [5, 5.41) is 11.4. The summed E-state index contributed by atoms with van der Waals surface area (Å²) in [4.78, 5) is 0. The summed E-state index contributed by atoms with van der Waals surface area (Å²) in [5.41, 5.74) is -0.489. The zero-order valence-corrected chi connectivity index (χ0v) is 18.6. The standard InChI is InChI=1S/C24H40O3/c1-15-9-12-22(6)17-10-13-21(5)16(2)26-20(3,4)27-19(21)23(17,7)14-11-18(22)24(15,8)25/h10,13,15-19,25H,9,11-12,14H2,1-8H3. The molecule has 2 saturated carbocycles. The zero-order valence-electron chi connectivity index (χ0n) is 18.6. The Hall–Kier alpha value is -0.380. The molecule has 3 fully saturated rings. The van der Waals surface area contributed by atoms with Crippen LogP contribution in [0.2, 0.25) is 0 Å². The number of hydrogen-bond donors (Lipinski definition) is 1. The SMILES string of the molecule is CC1CCC2(C)C(CCC3(C)C4OC(C)(C)OC(C)C4(C)C=CC23)C1(C)O. The van der Waals surface area contributed by atoms with Crippen LogP contribution in [0.15, 0.2) is 12.2 Å². The molecule has 0 spiro atoms. The maximum absolute atomic E-state index is 11.4. The summed E-state index contributed by atoms with van der Waals surface area (Å²) in [6, 6.07) is 0. The van der Waals surface area contributed by atoms with Crippen molar-refractivity contribution in [3.8, 4) is 0 Å². The van der Waals surface area contributed by atoms with Gasteiger partial charge in [-0.2, -0.15) is 0 Å². The lowest BCUT2D eigenvalue weighted by atomic mass is 9.40. The van der Waals surface area contributed by atoms with Gasteiger partial charge in [0.1, 0.15) is 0 Å². The average molecular weight is 377 g/mol. The molecule has 0 aromatic carbocycles. The van der Waals surface area contributed by atoms with Crippen molar-refractivity contribution in [1.29, 1.82) is 0 Å². The van der Waals surface area contributed by atoms with E-state index in [2.05, 4.69) is 67.5 Å². The summed E-state index contributed by atoms with van der Waals surface area (Å²) in [6.07, 6.45) is 9.63. The Kier molecular flexibility index (Phi) is 4.14. The van der Waals surface area contributed by atoms with Gasteiger partial charge in [0.25, 0.3) is 0 Å². The Morgan fingerprint density at radius 3 is 2.19 bits per heavy atom. The van der Waals surface area contributed by atoms with Gasteiger partial charge in [-0.15, -0.1) is 0 Å². The lowest BCUT2D eigenvalue weighted by molar-refractivity contribution is -0.365. The molecule has 154 valence electrons. The van der Waals surface area contributed by atoms with Crippen LogP contribution < -0.4 is 0 Å². The molecule has 1 N–H and O–H groups in total. The van der Waals surface area contributed by atoms with Gasteiger partial charge in [0.15, 0.2) is 5.79 Å². The quantitative estimate of drug-likeness (QED) is 0.581. The van der Waals surface area contributed by atoms with Gasteiger partial charge in [0.2, 0.25) is 0 Å². The summed E-state index contributed by atoms with van der Waals surface area (Å²) in [7, 11) is 0. The van der Waals surface area contributed by atoms with Gasteiger partial charge in [-0.3, -0.25) is 0 Å². The molecule has 0 amide bonds. The summed E-state index contributed by atoms with van der Waals surface area (Å²) in [6.45, 7) is 17.8. The monoisotopic (exact) mass is 376 g/mol. The molecule has 0 aromatic heterocycles. The van der Waals surface area contributed by atoms with Gasteiger partial charge in [-0.05, 0) is 76.5 Å². The van der Waals surface area contributed by atoms with Crippen LogP contribution in [0.4, 0.5) is 0 Å². The fourth-order valence-electron chi connectivity index (χ4n) is 7.67. The highest BCUT2D eigenvalue weighted by Gasteiger charge is 2.67. The van der Waals surface area contributed by atoms with Gasteiger partial charge < -0.3 is 14.6 Å². The summed E-state index contributed by atoms with van der Waals surface area (Å²) in [5.74, 6) is 0.608. The molecule has 3 nitrogen and oxygen atoms in total. The number of aliphatic hydroxyl groups is 1. The van der Waals surface area contributed by atoms with Crippen molar-refractivity contribution >= 4 is 0 Å². The van der Waals surface area contributed by atoms with Crippen LogP contribution >= 0.6 is 0 Å². The largest absolute Gasteiger partial charge is 0.390 e. The van der Waals surface area contributed by atoms with Crippen LogP contribution in [-0.4, -0.2) is 28.7 Å². The van der Waals surface area contributed by atoms with E-state index in [0.717, 1.165) is 19.3 Å². The van der Waals surface area contributed by atoms with E-state index < -0.39 is 11.4 Å². The second kappa shape index (κ2) is 5.61. The second-order valence-corrected chi connectivity index (χ2v) is 11.6. The molecule has 3 heteroatoms. The number of hydrogen-bond acceptors (Lipinski definition) is 3. The van der Waals surface area contributed by atoms with Crippen molar-refractivity contribution in [3.05, 3.63) is 12.2 Å². The van der Waals surface area contributed by atoms with E-state index in [1.165, 1.54) is 6.42 Å². The third kappa shape index (κ3) is 2.50. The van der Waals surface area contributed by atoms with Crippen molar-refractivity contribution in [3.63, 3.8) is 0 Å². The van der Waals surface area contributed by atoms with Crippen LogP contribution in [0.3, 0.4) is 0 Å². The second-order valence-electron chi connectivity index (χ2n) is 11.6. The number of ether oxygens (including phenoxy) is 2. The van der Waals surface area contributed by atoms with Crippen molar-refractivity contribution in [2.75, 3.05) is 0 Å². The molecule has 1 saturated heterocycles. The number of allylic oxidation sites excluding steroid dienone is 1. The Morgan fingerprint density at radius 1 is 0.889 bits per heavy atom. The molecule has 1 heterocycles. The van der Waals surface area contributed by atoms with Crippen LogP contribution in [0, 0.1) is 34.0 Å². The first-order chi connectivity index (χ1) is 12.3. The first-order valence-corrected chi connectivity index (χ1v) is 11.0. The zero-order chi connectivity index (χ0) is 20.0. The molecule has 4 aliphatic rings. The van der Waals surface area contributed by atoms with E-state index in [-0.39, 0.29) is 28.5 Å². The Bertz CT molecular complexity index is 652. The predicted octanol–water partition coefficient (Wildman–Crippen LogP) is 5.32. The molecule has 9 unspecified atom stereocenters. The molecule has 0 bridgehead atoms. The molecular formula is C24H40O3. The lowest BCUT2D eigenvalue weighted by Crippen LogP contribution is -2.69. The van der Waals surface area contributed by atoms with Crippen molar-refractivity contribution in [1.82, 2.24) is 0 Å². The van der Waals surface area contributed by atoms with Gasteiger partial charge >= 0.3 is 0 Å². The minimum atomic E-state index is -0.577. The van der Waals surface area contributed by atoms with Crippen LogP contribution in [0.25, 0.3) is 0 Å². The molecule has 0 aromatic rings. The molecular weight excluding hydrogens is 336 g/mol. The molecule has 0 radical (unpaired) electrons. The van der Waals surface area contributed by atoms with Gasteiger partial charge in [-0.25, -0.2) is 0 Å². The average Bonchev–Trinajstić information content (AvgIpc) is 2.53. The van der Waals surface area contributed by atoms with Crippen molar-refractivity contribution < 1.29 is 14.6 Å². The molecule has 3 aliphatic carbocycles. The van der Waals surface area contributed by atoms with Crippen molar-refractivity contribution in [2.45, 2.75) is 105 Å². The van der Waals surface area contributed by atoms with Crippen LogP contribution in [0.1, 0.15) is 81.1 Å². The lowest BCUT2D eigenvalue weighted by Gasteiger charge is -2.68. The minimum Gasteiger partial charge on any atom is -0.390 e. The van der Waals surface area contributed by atoms with Gasteiger partial charge in [-0.1, -0.05) is 39.8 Å². The van der Waals surface area contributed by atoms with E-state index in [1.54, 1.807) is 0 Å². The topological polar surface area (TPSA) is 38.7 Å². The van der Waals surface area contributed by atoms with E-state index in [4.69, 9.17) is 9.47 Å². The maximum atomic E-state index is 11.4. The highest BCUT2D eigenvalue weighted by atomic mass is 16.7. The summed E-state index contributed by atoms with van der Waals surface area (Å²) >= 11 is 0. The molecule has 27 heavy (non-hydrogen) atoms. The maximum Gasteiger partial charge on any atom is 0.163 e. The highest BCUT2D eigenvalue weighted by Crippen LogP contribution is 2.68. The van der Waals surface area contributed by atoms with Crippen LogP contribution in [-0.2, 0) is 9.47 Å². The third-order valence-corrected chi connectivity index (χ3v) is 9.56. The molecule has 9 atom stereocenters. The fourth-order valence-corrected chi connectivity index (χ4v) is 7.67. The van der Waals surface area contributed by atoms with E-state index in [0.29, 0.717) is 17.8 Å². The first kappa shape index (κ1) is 19.9. The summed E-state index contributed by atoms with van der Waals surface area (Å²) < 4.78 is 12.9. The van der Waals surface area contributed by atoms with E-state index >= 15 is 0 Å². The van der Waals surface area contributed by atoms with Gasteiger partial charge in [0, 0.05) is 10.8 Å². The predicted molar refractivity (Wildman–Crippen MR) is 108 cm³/mol. The Balaban J connectivity index is 1.80. The van der Waals surface area contributed by atoms with Gasteiger partial charge in [0.05, 0.1) is 17.8 Å². The normalized spacial score (nSPS) is 59.5. The number of rotatable bonds is 0. The Morgan fingerprint density at radius 2 is 1.52 bits per heavy atom. The van der Waals surface area contributed by atoms with Crippen LogP contribution in [0.5, 0.6) is 0 Å². The van der Waals surface area contributed by atoms with E-state index in [9.17, 15) is 5.11 Å². The first-order valence-electron chi connectivity index (χ1n) is 11.0. The molecule has 1 aliphatic heterocycles. The van der Waals surface area contributed by atoms with E-state index in [1.807, 2.05) is 0 Å². The molecule has 4 rings (SSSR count). The van der Waals surface area contributed by atoms with Crippen molar-refractivity contribution in [2.24, 2.45) is 34.0 Å². The smallest absolute Gasteiger partial charge is 0.163 e. The Labute approximate surface area is 165 Å². The highest BCUT2D eigenvalue weighted by molar-refractivity contribution is 5.25. The number of fused-ring (bicyclic) bond motifs is 5. The minimum absolute atomic E-state index is 0.0702.